The van der Waals surface area contributed by atoms with E-state index in [1.165, 1.54) is 0 Å². The van der Waals surface area contributed by atoms with Crippen LogP contribution < -0.4 is 5.32 Å². The number of rotatable bonds is 4. The van der Waals surface area contributed by atoms with Crippen molar-refractivity contribution >= 4 is 11.7 Å². The summed E-state index contributed by atoms with van der Waals surface area (Å²) in [7, 11) is 0. The molecule has 0 bridgehead atoms. The van der Waals surface area contributed by atoms with Crippen LogP contribution in [0.2, 0.25) is 0 Å². The summed E-state index contributed by atoms with van der Waals surface area (Å²) in [5.74, 6) is -0.892. The molecule has 2 N–H and O–H groups in total. The maximum atomic E-state index is 10.9. The van der Waals surface area contributed by atoms with Crippen molar-refractivity contribution in [3.63, 3.8) is 0 Å². The highest BCUT2D eigenvalue weighted by Crippen LogP contribution is 2.21. The average molecular weight is 249 g/mol. The first-order chi connectivity index (χ1) is 8.69. The fraction of sp³-hybridized carbons (Fsp3) is 0.500. The van der Waals surface area contributed by atoms with Crippen molar-refractivity contribution in [2.24, 2.45) is 0 Å². The van der Waals surface area contributed by atoms with Crippen LogP contribution in [0.25, 0.3) is 0 Å². The van der Waals surface area contributed by atoms with Crippen molar-refractivity contribution in [3.05, 3.63) is 29.8 Å². The first-order valence-corrected chi connectivity index (χ1v) is 6.40. The molecular weight excluding hydrogens is 230 g/mol. The van der Waals surface area contributed by atoms with E-state index in [9.17, 15) is 4.79 Å². The van der Waals surface area contributed by atoms with Crippen LogP contribution in [0.1, 0.15) is 36.5 Å². The third-order valence-electron chi connectivity index (χ3n) is 3.30. The number of anilines is 1. The summed E-state index contributed by atoms with van der Waals surface area (Å²) >= 11 is 0. The van der Waals surface area contributed by atoms with Crippen molar-refractivity contribution in [3.8, 4) is 0 Å². The maximum absolute atomic E-state index is 10.9. The molecule has 1 aromatic rings. The quantitative estimate of drug-likeness (QED) is 0.861. The molecule has 0 radical (unpaired) electrons. The van der Waals surface area contributed by atoms with Crippen molar-refractivity contribution in [1.29, 1.82) is 0 Å². The van der Waals surface area contributed by atoms with Crippen LogP contribution in [0.15, 0.2) is 24.3 Å². The lowest BCUT2D eigenvalue weighted by Crippen LogP contribution is -2.33. The second-order valence-corrected chi connectivity index (χ2v) is 4.65. The lowest BCUT2D eigenvalue weighted by atomic mass is 10.0. The molecule has 1 heterocycles. The van der Waals surface area contributed by atoms with E-state index in [1.807, 2.05) is 6.07 Å². The van der Waals surface area contributed by atoms with Gasteiger partial charge in [0.05, 0.1) is 11.7 Å². The van der Waals surface area contributed by atoms with Crippen molar-refractivity contribution in [2.45, 2.75) is 38.3 Å². The van der Waals surface area contributed by atoms with E-state index in [4.69, 9.17) is 9.84 Å². The van der Waals surface area contributed by atoms with Crippen LogP contribution in [0.3, 0.4) is 0 Å². The Morgan fingerprint density at radius 1 is 1.56 bits per heavy atom. The van der Waals surface area contributed by atoms with Gasteiger partial charge < -0.3 is 15.2 Å². The molecule has 1 saturated heterocycles. The van der Waals surface area contributed by atoms with E-state index in [2.05, 4.69) is 12.2 Å². The molecule has 4 heteroatoms. The fourth-order valence-electron chi connectivity index (χ4n) is 2.27. The van der Waals surface area contributed by atoms with Crippen molar-refractivity contribution in [2.75, 3.05) is 11.9 Å². The third-order valence-corrected chi connectivity index (χ3v) is 3.30. The lowest BCUT2D eigenvalue weighted by molar-refractivity contribution is 0.00925. The summed E-state index contributed by atoms with van der Waals surface area (Å²) in [6.07, 6.45) is 3.29. The summed E-state index contributed by atoms with van der Waals surface area (Å²) in [5, 5.41) is 12.3. The predicted molar refractivity (Wildman–Crippen MR) is 70.1 cm³/mol. The molecule has 0 aromatic heterocycles. The second kappa shape index (κ2) is 5.87. The Bertz CT molecular complexity index is 419. The maximum Gasteiger partial charge on any atom is 0.335 e. The minimum atomic E-state index is -0.892. The second-order valence-electron chi connectivity index (χ2n) is 4.65. The highest BCUT2D eigenvalue weighted by atomic mass is 16.5. The summed E-state index contributed by atoms with van der Waals surface area (Å²) in [5.41, 5.74) is 1.19. The van der Waals surface area contributed by atoms with E-state index >= 15 is 0 Å². The number of carbonyl (C=O) groups is 1. The van der Waals surface area contributed by atoms with Gasteiger partial charge >= 0.3 is 5.97 Å². The van der Waals surface area contributed by atoms with Crippen LogP contribution in [0, 0.1) is 0 Å². The normalized spacial score (nSPS) is 23.6. The summed E-state index contributed by atoms with van der Waals surface area (Å²) in [6.45, 7) is 2.90. The van der Waals surface area contributed by atoms with Crippen LogP contribution in [-0.2, 0) is 4.74 Å². The molecular formula is C14H19NO3. The van der Waals surface area contributed by atoms with Gasteiger partial charge in [-0.3, -0.25) is 0 Å². The number of nitrogens with one attached hydrogen (secondary N) is 1. The third kappa shape index (κ3) is 3.23. The van der Waals surface area contributed by atoms with E-state index in [1.54, 1.807) is 18.2 Å². The van der Waals surface area contributed by atoms with Gasteiger partial charge in [-0.2, -0.15) is 0 Å². The molecule has 2 atom stereocenters. The lowest BCUT2D eigenvalue weighted by Gasteiger charge is -2.30. The van der Waals surface area contributed by atoms with Gasteiger partial charge in [0.25, 0.3) is 0 Å². The van der Waals surface area contributed by atoms with Gasteiger partial charge in [-0.05, 0) is 37.5 Å². The van der Waals surface area contributed by atoms with Gasteiger partial charge in [0.2, 0.25) is 0 Å². The molecule has 0 saturated carbocycles. The summed E-state index contributed by atoms with van der Waals surface area (Å²) < 4.78 is 5.62. The van der Waals surface area contributed by atoms with E-state index in [0.717, 1.165) is 31.6 Å². The van der Waals surface area contributed by atoms with Gasteiger partial charge in [0, 0.05) is 18.3 Å². The molecule has 0 spiro atoms. The average Bonchev–Trinajstić information content (AvgIpc) is 2.39. The molecule has 18 heavy (non-hydrogen) atoms. The Morgan fingerprint density at radius 3 is 3.11 bits per heavy atom. The molecule has 2 rings (SSSR count). The van der Waals surface area contributed by atoms with Crippen LogP contribution in [0.5, 0.6) is 0 Å². The van der Waals surface area contributed by atoms with Crippen molar-refractivity contribution < 1.29 is 14.6 Å². The fourth-order valence-corrected chi connectivity index (χ4v) is 2.27. The van der Waals surface area contributed by atoms with E-state index in [-0.39, 0.29) is 0 Å². The number of hydrogen-bond donors (Lipinski definition) is 2. The zero-order chi connectivity index (χ0) is 13.0. The molecule has 0 amide bonds. The van der Waals surface area contributed by atoms with Gasteiger partial charge in [-0.25, -0.2) is 4.79 Å². The Morgan fingerprint density at radius 2 is 2.39 bits per heavy atom. The summed E-state index contributed by atoms with van der Waals surface area (Å²) in [6, 6.07) is 7.32. The highest BCUT2D eigenvalue weighted by Gasteiger charge is 2.21. The van der Waals surface area contributed by atoms with Gasteiger partial charge in [0.15, 0.2) is 0 Å². The standard InChI is InChI=1S/C14H19NO3/c1-2-13-9-12(6-7-18-13)15-11-5-3-4-10(8-11)14(16)17/h3-5,8,12-13,15H,2,6-7,9H2,1H3,(H,16,17). The Labute approximate surface area is 107 Å². The first-order valence-electron chi connectivity index (χ1n) is 6.40. The van der Waals surface area contributed by atoms with Gasteiger partial charge in [-0.1, -0.05) is 13.0 Å². The highest BCUT2D eigenvalue weighted by molar-refractivity contribution is 5.88. The molecule has 2 unspecified atom stereocenters. The minimum absolute atomic E-state index is 0.318. The number of carboxylic acid groups (broad SMARTS) is 1. The largest absolute Gasteiger partial charge is 0.478 e. The molecule has 1 aromatic carbocycles. The monoisotopic (exact) mass is 249 g/mol. The number of carboxylic acids is 1. The molecule has 1 aliphatic rings. The predicted octanol–water partition coefficient (Wildman–Crippen LogP) is 2.75. The minimum Gasteiger partial charge on any atom is -0.478 e. The van der Waals surface area contributed by atoms with Gasteiger partial charge in [0.1, 0.15) is 0 Å². The summed E-state index contributed by atoms with van der Waals surface area (Å²) in [4.78, 5) is 10.9. The van der Waals surface area contributed by atoms with E-state index in [0.29, 0.717) is 17.7 Å². The smallest absolute Gasteiger partial charge is 0.335 e. The molecule has 98 valence electrons. The number of benzene rings is 1. The molecule has 1 fully saturated rings. The zero-order valence-corrected chi connectivity index (χ0v) is 10.6. The molecule has 1 aliphatic heterocycles. The van der Waals surface area contributed by atoms with Crippen LogP contribution in [0.4, 0.5) is 5.69 Å². The van der Waals surface area contributed by atoms with Crippen molar-refractivity contribution in [1.82, 2.24) is 0 Å². The van der Waals surface area contributed by atoms with Crippen LogP contribution >= 0.6 is 0 Å². The van der Waals surface area contributed by atoms with E-state index < -0.39 is 5.97 Å². The number of aromatic carboxylic acids is 1. The molecule has 4 nitrogen and oxygen atoms in total. The Balaban J connectivity index is 2.00. The van der Waals surface area contributed by atoms with Gasteiger partial charge in [-0.15, -0.1) is 0 Å². The zero-order valence-electron chi connectivity index (χ0n) is 10.6. The number of ether oxygens (including phenoxy) is 1. The topological polar surface area (TPSA) is 58.6 Å². The number of hydrogen-bond acceptors (Lipinski definition) is 3. The Hall–Kier alpha value is -1.55. The Kier molecular flexibility index (Phi) is 4.20. The molecule has 0 aliphatic carbocycles. The SMILES string of the molecule is CCC1CC(Nc2cccc(C(=O)O)c2)CCO1. The first kappa shape index (κ1) is 12.9. The van der Waals surface area contributed by atoms with Crippen LogP contribution in [-0.4, -0.2) is 29.8 Å².